The van der Waals surface area contributed by atoms with Gasteiger partial charge in [-0.1, -0.05) is 6.07 Å². The first-order valence-electron chi connectivity index (χ1n) is 6.14. The van der Waals surface area contributed by atoms with Crippen LogP contribution in [0.25, 0.3) is 11.5 Å². The topological polar surface area (TPSA) is 84.3 Å². The van der Waals surface area contributed by atoms with Crippen LogP contribution in [0.5, 0.6) is 0 Å². The molecule has 0 spiro atoms. The van der Waals surface area contributed by atoms with E-state index in [1.807, 2.05) is 30.3 Å². The van der Waals surface area contributed by atoms with Crippen LogP contribution in [-0.2, 0) is 13.2 Å². The van der Waals surface area contributed by atoms with Gasteiger partial charge in [-0.2, -0.15) is 0 Å². The molecule has 0 bridgehead atoms. The maximum atomic E-state index is 8.94. The highest BCUT2D eigenvalue weighted by molar-refractivity contribution is 5.60. The quantitative estimate of drug-likeness (QED) is 0.741. The van der Waals surface area contributed by atoms with Crippen molar-refractivity contribution in [2.75, 3.05) is 5.32 Å². The monoisotopic (exact) mass is 271 g/mol. The van der Waals surface area contributed by atoms with Crippen molar-refractivity contribution >= 4 is 5.69 Å². The predicted octanol–water partition coefficient (Wildman–Crippen LogP) is 2.43. The summed E-state index contributed by atoms with van der Waals surface area (Å²) in [7, 11) is 0. The van der Waals surface area contributed by atoms with Gasteiger partial charge in [-0.05, 0) is 30.3 Å². The van der Waals surface area contributed by atoms with E-state index >= 15 is 0 Å². The lowest BCUT2D eigenvalue weighted by Gasteiger charge is -2.05. The zero-order valence-corrected chi connectivity index (χ0v) is 10.6. The van der Waals surface area contributed by atoms with Crippen LogP contribution in [0.2, 0.25) is 0 Å². The maximum Gasteiger partial charge on any atom is 0.247 e. The lowest BCUT2D eigenvalue weighted by molar-refractivity contribution is 0.244. The van der Waals surface area contributed by atoms with Gasteiger partial charge in [-0.3, -0.25) is 0 Å². The summed E-state index contributed by atoms with van der Waals surface area (Å²) in [6.45, 7) is 0.444. The molecule has 0 fully saturated rings. The van der Waals surface area contributed by atoms with E-state index in [0.717, 1.165) is 17.0 Å². The third kappa shape index (κ3) is 2.70. The standard InChI is InChI=1S/C14H13N3O3/c18-8-13-5-4-12(20-13)7-15-11-3-1-2-10(6-11)14-17-16-9-19-14/h1-6,9,15,18H,7-8H2. The lowest BCUT2D eigenvalue weighted by atomic mass is 10.2. The number of benzene rings is 1. The van der Waals surface area contributed by atoms with Gasteiger partial charge in [0.2, 0.25) is 12.3 Å². The molecule has 0 aliphatic carbocycles. The zero-order valence-electron chi connectivity index (χ0n) is 10.6. The highest BCUT2D eigenvalue weighted by Crippen LogP contribution is 2.21. The van der Waals surface area contributed by atoms with Crippen LogP contribution in [0, 0.1) is 0 Å². The number of rotatable bonds is 5. The van der Waals surface area contributed by atoms with Crippen molar-refractivity contribution in [1.82, 2.24) is 10.2 Å². The molecule has 2 aromatic heterocycles. The van der Waals surface area contributed by atoms with Crippen molar-refractivity contribution in [2.45, 2.75) is 13.2 Å². The van der Waals surface area contributed by atoms with E-state index in [2.05, 4.69) is 15.5 Å². The van der Waals surface area contributed by atoms with Gasteiger partial charge < -0.3 is 19.3 Å². The molecule has 0 saturated heterocycles. The second-order valence-electron chi connectivity index (χ2n) is 4.20. The molecule has 0 atom stereocenters. The number of hydrogen-bond donors (Lipinski definition) is 2. The number of aliphatic hydroxyl groups is 1. The van der Waals surface area contributed by atoms with Gasteiger partial charge in [0.05, 0.1) is 6.54 Å². The second kappa shape index (κ2) is 5.58. The molecule has 0 radical (unpaired) electrons. The van der Waals surface area contributed by atoms with Crippen LogP contribution >= 0.6 is 0 Å². The molecule has 20 heavy (non-hydrogen) atoms. The summed E-state index contributed by atoms with van der Waals surface area (Å²) in [5.74, 6) is 1.80. The van der Waals surface area contributed by atoms with Crippen molar-refractivity contribution in [3.8, 4) is 11.5 Å². The molecule has 6 heteroatoms. The molecule has 2 heterocycles. The number of furan rings is 1. The van der Waals surface area contributed by atoms with Crippen LogP contribution in [0.1, 0.15) is 11.5 Å². The molecule has 0 amide bonds. The minimum atomic E-state index is -0.0906. The van der Waals surface area contributed by atoms with Crippen LogP contribution in [0.15, 0.2) is 51.6 Å². The van der Waals surface area contributed by atoms with Crippen LogP contribution in [-0.4, -0.2) is 15.3 Å². The summed E-state index contributed by atoms with van der Waals surface area (Å²) in [4.78, 5) is 0. The Morgan fingerprint density at radius 2 is 2.05 bits per heavy atom. The summed E-state index contributed by atoms with van der Waals surface area (Å²) in [5, 5.41) is 19.7. The fraction of sp³-hybridized carbons (Fsp3) is 0.143. The van der Waals surface area contributed by atoms with Crippen molar-refractivity contribution in [3.63, 3.8) is 0 Å². The number of anilines is 1. The Kier molecular flexibility index (Phi) is 3.47. The minimum absolute atomic E-state index is 0.0906. The molecule has 3 aromatic rings. The van der Waals surface area contributed by atoms with Crippen molar-refractivity contribution in [3.05, 3.63) is 54.3 Å². The van der Waals surface area contributed by atoms with E-state index in [0.29, 0.717) is 18.2 Å². The maximum absolute atomic E-state index is 8.94. The molecular formula is C14H13N3O3. The van der Waals surface area contributed by atoms with Crippen molar-refractivity contribution in [1.29, 1.82) is 0 Å². The van der Waals surface area contributed by atoms with E-state index in [1.165, 1.54) is 6.39 Å². The number of aliphatic hydroxyl groups excluding tert-OH is 1. The normalized spacial score (nSPS) is 10.7. The van der Waals surface area contributed by atoms with Crippen molar-refractivity contribution in [2.24, 2.45) is 0 Å². The Hall–Kier alpha value is -2.60. The third-order valence-electron chi connectivity index (χ3n) is 2.81. The number of aromatic nitrogens is 2. The Labute approximate surface area is 115 Å². The Morgan fingerprint density at radius 3 is 2.80 bits per heavy atom. The molecule has 3 rings (SSSR count). The van der Waals surface area contributed by atoms with E-state index in [-0.39, 0.29) is 6.61 Å². The van der Waals surface area contributed by atoms with E-state index < -0.39 is 0 Å². The number of hydrogen-bond acceptors (Lipinski definition) is 6. The molecule has 2 N–H and O–H groups in total. The molecule has 0 aliphatic heterocycles. The Morgan fingerprint density at radius 1 is 1.15 bits per heavy atom. The van der Waals surface area contributed by atoms with E-state index in [4.69, 9.17) is 13.9 Å². The molecule has 1 aromatic carbocycles. The summed E-state index contributed by atoms with van der Waals surface area (Å²) < 4.78 is 10.6. The molecule has 0 aliphatic rings. The SMILES string of the molecule is OCc1ccc(CNc2cccc(-c3nnco3)c2)o1. The van der Waals surface area contributed by atoms with E-state index in [9.17, 15) is 0 Å². The average Bonchev–Trinajstić information content (AvgIpc) is 3.17. The van der Waals surface area contributed by atoms with Gasteiger partial charge >= 0.3 is 0 Å². The zero-order chi connectivity index (χ0) is 13.8. The third-order valence-corrected chi connectivity index (χ3v) is 2.81. The average molecular weight is 271 g/mol. The summed E-state index contributed by atoms with van der Waals surface area (Å²) in [6, 6.07) is 11.3. The van der Waals surface area contributed by atoms with Gasteiger partial charge in [0.1, 0.15) is 18.1 Å². The molecule has 6 nitrogen and oxygen atoms in total. The second-order valence-corrected chi connectivity index (χ2v) is 4.20. The molecule has 0 saturated carbocycles. The highest BCUT2D eigenvalue weighted by Gasteiger charge is 2.05. The first-order chi connectivity index (χ1) is 9.85. The van der Waals surface area contributed by atoms with Gasteiger partial charge in [0.25, 0.3) is 0 Å². The molecular weight excluding hydrogens is 258 g/mol. The summed E-state index contributed by atoms with van der Waals surface area (Å²) >= 11 is 0. The molecule has 0 unspecified atom stereocenters. The largest absolute Gasteiger partial charge is 0.462 e. The van der Waals surface area contributed by atoms with Gasteiger partial charge in [0.15, 0.2) is 0 Å². The first kappa shape index (κ1) is 12.4. The van der Waals surface area contributed by atoms with E-state index in [1.54, 1.807) is 6.07 Å². The van der Waals surface area contributed by atoms with Crippen LogP contribution in [0.3, 0.4) is 0 Å². The van der Waals surface area contributed by atoms with Crippen LogP contribution in [0.4, 0.5) is 5.69 Å². The van der Waals surface area contributed by atoms with Gasteiger partial charge in [-0.15, -0.1) is 10.2 Å². The lowest BCUT2D eigenvalue weighted by Crippen LogP contribution is -1.98. The van der Waals surface area contributed by atoms with Crippen molar-refractivity contribution < 1.29 is 13.9 Å². The summed E-state index contributed by atoms with van der Waals surface area (Å²) in [5.41, 5.74) is 1.77. The number of nitrogens with zero attached hydrogens (tertiary/aromatic N) is 2. The van der Waals surface area contributed by atoms with Gasteiger partial charge in [0, 0.05) is 11.3 Å². The minimum Gasteiger partial charge on any atom is -0.462 e. The fourth-order valence-corrected chi connectivity index (χ4v) is 1.85. The highest BCUT2D eigenvalue weighted by atomic mass is 16.4. The molecule has 102 valence electrons. The predicted molar refractivity (Wildman–Crippen MR) is 71.7 cm³/mol. The Balaban J connectivity index is 1.70. The van der Waals surface area contributed by atoms with Crippen LogP contribution < -0.4 is 5.32 Å². The fourth-order valence-electron chi connectivity index (χ4n) is 1.85. The Bertz CT molecular complexity index is 677. The number of nitrogens with one attached hydrogen (secondary N) is 1. The smallest absolute Gasteiger partial charge is 0.247 e. The summed E-state index contributed by atoms with van der Waals surface area (Å²) in [6.07, 6.45) is 1.30. The van der Waals surface area contributed by atoms with Gasteiger partial charge in [-0.25, -0.2) is 0 Å². The first-order valence-corrected chi connectivity index (χ1v) is 6.14.